The molecule has 1 saturated heterocycles. The number of aromatic nitrogens is 1. The van der Waals surface area contributed by atoms with Crippen molar-refractivity contribution in [3.8, 4) is 0 Å². The smallest absolute Gasteiger partial charge is 0.347 e. The summed E-state index contributed by atoms with van der Waals surface area (Å²) in [6.45, 7) is 6.64. The second-order valence-corrected chi connectivity index (χ2v) is 6.18. The van der Waals surface area contributed by atoms with Crippen molar-refractivity contribution in [1.82, 2.24) is 4.98 Å². The Balaban J connectivity index is 2.20. The molecule has 0 spiro atoms. The maximum atomic E-state index is 11.2. The Hall–Kier alpha value is -1.14. The number of piperidine rings is 1. The van der Waals surface area contributed by atoms with Crippen molar-refractivity contribution in [3.63, 3.8) is 0 Å². The van der Waals surface area contributed by atoms with E-state index in [-0.39, 0.29) is 6.61 Å². The van der Waals surface area contributed by atoms with Crippen LogP contribution < -0.4 is 4.90 Å². The van der Waals surface area contributed by atoms with Crippen LogP contribution in [0.2, 0.25) is 0 Å². The number of nitrogens with zero attached hydrogens (tertiary/aromatic N) is 2. The third-order valence-electron chi connectivity index (χ3n) is 3.77. The largest absolute Gasteiger partial charge is 0.477 e. The van der Waals surface area contributed by atoms with Crippen molar-refractivity contribution in [1.29, 1.82) is 0 Å². The molecule has 0 aliphatic carbocycles. The third kappa shape index (κ3) is 3.06. The lowest BCUT2D eigenvalue weighted by atomic mass is 9.89. The zero-order chi connectivity index (χ0) is 14.0. The number of rotatable bonds is 4. The normalized spacial score (nSPS) is 23.6. The van der Waals surface area contributed by atoms with E-state index < -0.39 is 5.97 Å². The average Bonchev–Trinajstić information content (AvgIpc) is 2.77. The number of carboxylic acids is 1. The topological polar surface area (TPSA) is 62.7 Å². The molecule has 2 rings (SSSR count). The van der Waals surface area contributed by atoms with Crippen molar-refractivity contribution < 1.29 is 14.6 Å². The van der Waals surface area contributed by atoms with Crippen LogP contribution in [-0.4, -0.2) is 36.3 Å². The highest BCUT2D eigenvalue weighted by Gasteiger charge is 2.26. The number of methoxy groups -OCH3 is 1. The molecule has 1 aromatic rings. The van der Waals surface area contributed by atoms with E-state index in [0.717, 1.165) is 24.6 Å². The summed E-state index contributed by atoms with van der Waals surface area (Å²) in [7, 11) is 1.55. The lowest BCUT2D eigenvalue weighted by Crippen LogP contribution is -2.38. The van der Waals surface area contributed by atoms with Gasteiger partial charge in [0, 0.05) is 20.2 Å². The molecular formula is C13H20N2O3S. The van der Waals surface area contributed by atoms with Crippen LogP contribution in [0.1, 0.15) is 35.6 Å². The molecule has 1 aromatic heterocycles. The van der Waals surface area contributed by atoms with Crippen molar-refractivity contribution in [3.05, 3.63) is 10.6 Å². The van der Waals surface area contributed by atoms with Gasteiger partial charge in [0.15, 0.2) is 5.13 Å². The standard InChI is InChI=1S/C13H20N2O3S/c1-8-4-5-15(6-9(8)2)13-14-10(7-18-3)11(19-13)12(16)17/h8-9H,4-7H2,1-3H3,(H,16,17). The first-order valence-corrected chi connectivity index (χ1v) is 7.31. The molecule has 5 nitrogen and oxygen atoms in total. The number of carbonyl (C=O) groups is 1. The summed E-state index contributed by atoms with van der Waals surface area (Å²) in [5.74, 6) is 0.402. The van der Waals surface area contributed by atoms with Gasteiger partial charge in [-0.05, 0) is 18.3 Å². The van der Waals surface area contributed by atoms with Crippen molar-refractivity contribution in [2.24, 2.45) is 11.8 Å². The van der Waals surface area contributed by atoms with Crippen molar-refractivity contribution in [2.75, 3.05) is 25.1 Å². The second-order valence-electron chi connectivity index (χ2n) is 5.20. The van der Waals surface area contributed by atoms with Gasteiger partial charge in [-0.3, -0.25) is 0 Å². The molecule has 2 atom stereocenters. The van der Waals surface area contributed by atoms with E-state index in [4.69, 9.17) is 4.74 Å². The first kappa shape index (κ1) is 14.3. The number of thiazole rings is 1. The Bertz CT molecular complexity index is 461. The van der Waals surface area contributed by atoms with Crippen LogP contribution in [0.4, 0.5) is 5.13 Å². The minimum absolute atomic E-state index is 0.248. The Labute approximate surface area is 117 Å². The van der Waals surface area contributed by atoms with E-state index in [1.54, 1.807) is 7.11 Å². The zero-order valence-electron chi connectivity index (χ0n) is 11.5. The highest BCUT2D eigenvalue weighted by molar-refractivity contribution is 7.17. The van der Waals surface area contributed by atoms with Crippen LogP contribution in [0.5, 0.6) is 0 Å². The summed E-state index contributed by atoms with van der Waals surface area (Å²) in [6.07, 6.45) is 1.13. The van der Waals surface area contributed by atoms with Gasteiger partial charge in [0.2, 0.25) is 0 Å². The minimum Gasteiger partial charge on any atom is -0.477 e. The molecule has 19 heavy (non-hydrogen) atoms. The molecule has 106 valence electrons. The molecule has 0 bridgehead atoms. The van der Waals surface area contributed by atoms with Crippen molar-refractivity contribution >= 4 is 22.4 Å². The first-order valence-electron chi connectivity index (χ1n) is 6.49. The molecule has 0 amide bonds. The Kier molecular flexibility index (Phi) is 4.42. The average molecular weight is 284 g/mol. The summed E-state index contributed by atoms with van der Waals surface area (Å²) in [4.78, 5) is 18.1. The predicted octanol–water partition coefficient (Wildman–Crippen LogP) is 2.47. The molecule has 1 aliphatic rings. The highest BCUT2D eigenvalue weighted by Crippen LogP contribution is 2.32. The molecular weight excluding hydrogens is 264 g/mol. The molecule has 1 aliphatic heterocycles. The van der Waals surface area contributed by atoms with Gasteiger partial charge >= 0.3 is 5.97 Å². The van der Waals surface area contributed by atoms with Crippen LogP contribution in [0, 0.1) is 11.8 Å². The Morgan fingerprint density at radius 2 is 2.26 bits per heavy atom. The van der Waals surface area contributed by atoms with Gasteiger partial charge in [-0.25, -0.2) is 9.78 Å². The van der Waals surface area contributed by atoms with Gasteiger partial charge in [0.25, 0.3) is 0 Å². The van der Waals surface area contributed by atoms with Crippen LogP contribution >= 0.6 is 11.3 Å². The highest BCUT2D eigenvalue weighted by atomic mass is 32.1. The molecule has 2 heterocycles. The van der Waals surface area contributed by atoms with Crippen LogP contribution in [0.15, 0.2) is 0 Å². The molecule has 1 N–H and O–H groups in total. The number of anilines is 1. The van der Waals surface area contributed by atoms with E-state index in [0.29, 0.717) is 22.4 Å². The summed E-state index contributed by atoms with van der Waals surface area (Å²) >= 11 is 1.25. The lowest BCUT2D eigenvalue weighted by molar-refractivity contribution is 0.0697. The minimum atomic E-state index is -0.922. The number of hydrogen-bond acceptors (Lipinski definition) is 5. The van der Waals surface area contributed by atoms with Gasteiger partial charge < -0.3 is 14.7 Å². The van der Waals surface area contributed by atoms with Crippen LogP contribution in [0.25, 0.3) is 0 Å². The summed E-state index contributed by atoms with van der Waals surface area (Å²) in [5, 5.41) is 10.0. The molecule has 2 unspecified atom stereocenters. The second kappa shape index (κ2) is 5.88. The monoisotopic (exact) mass is 284 g/mol. The van der Waals surface area contributed by atoms with Gasteiger partial charge in [0.1, 0.15) is 4.88 Å². The van der Waals surface area contributed by atoms with Gasteiger partial charge in [-0.2, -0.15) is 0 Å². The maximum absolute atomic E-state index is 11.2. The number of aromatic carboxylic acids is 1. The van der Waals surface area contributed by atoms with E-state index in [1.165, 1.54) is 11.3 Å². The SMILES string of the molecule is COCc1nc(N2CCC(C)C(C)C2)sc1C(=O)O. The third-order valence-corrected chi connectivity index (χ3v) is 4.91. The maximum Gasteiger partial charge on any atom is 0.347 e. The molecule has 1 fully saturated rings. The van der Waals surface area contributed by atoms with Gasteiger partial charge in [-0.15, -0.1) is 0 Å². The molecule has 0 saturated carbocycles. The quantitative estimate of drug-likeness (QED) is 0.920. The van der Waals surface area contributed by atoms with Crippen LogP contribution in [0.3, 0.4) is 0 Å². The van der Waals surface area contributed by atoms with Crippen molar-refractivity contribution in [2.45, 2.75) is 26.9 Å². The summed E-state index contributed by atoms with van der Waals surface area (Å²) < 4.78 is 5.02. The van der Waals surface area contributed by atoms with Gasteiger partial charge in [-0.1, -0.05) is 25.2 Å². The fourth-order valence-corrected chi connectivity index (χ4v) is 3.26. The van der Waals surface area contributed by atoms with E-state index in [1.807, 2.05) is 0 Å². The summed E-state index contributed by atoms with van der Waals surface area (Å²) in [6, 6.07) is 0. The van der Waals surface area contributed by atoms with Gasteiger partial charge in [0.05, 0.1) is 12.3 Å². The lowest BCUT2D eigenvalue weighted by Gasteiger charge is -2.35. The zero-order valence-corrected chi connectivity index (χ0v) is 12.4. The molecule has 6 heteroatoms. The van der Waals surface area contributed by atoms with Crippen LogP contribution in [-0.2, 0) is 11.3 Å². The number of ether oxygens (including phenoxy) is 1. The number of carboxylic acid groups (broad SMARTS) is 1. The number of hydrogen-bond donors (Lipinski definition) is 1. The fraction of sp³-hybridized carbons (Fsp3) is 0.692. The fourth-order valence-electron chi connectivity index (χ4n) is 2.31. The van der Waals surface area contributed by atoms with E-state index in [2.05, 4.69) is 23.7 Å². The van der Waals surface area contributed by atoms with E-state index >= 15 is 0 Å². The Morgan fingerprint density at radius 1 is 1.53 bits per heavy atom. The Morgan fingerprint density at radius 3 is 2.84 bits per heavy atom. The molecule has 0 radical (unpaired) electrons. The summed E-state index contributed by atoms with van der Waals surface area (Å²) in [5.41, 5.74) is 0.529. The first-order chi connectivity index (χ1) is 9.02. The van der Waals surface area contributed by atoms with E-state index in [9.17, 15) is 9.90 Å². The predicted molar refractivity (Wildman–Crippen MR) is 74.9 cm³/mol. The molecule has 0 aromatic carbocycles.